The van der Waals surface area contributed by atoms with Crippen molar-refractivity contribution in [3.05, 3.63) is 18.0 Å². The van der Waals surface area contributed by atoms with Gasteiger partial charge in [0, 0.05) is 17.8 Å². The largest absolute Gasteiger partial charge is 0.312 e. The molecule has 1 fully saturated rings. The molecule has 1 aromatic rings. The van der Waals surface area contributed by atoms with Crippen molar-refractivity contribution in [1.82, 2.24) is 15.1 Å². The smallest absolute Gasteiger partial charge is 0.118 e. The minimum Gasteiger partial charge on any atom is -0.312 e. The van der Waals surface area contributed by atoms with Crippen LogP contribution in [0.15, 0.2) is 12.4 Å². The molecule has 2 heterocycles. The van der Waals surface area contributed by atoms with Gasteiger partial charge in [0.1, 0.15) is 6.67 Å². The Balaban J connectivity index is 1.89. The molecule has 4 heteroatoms. The van der Waals surface area contributed by atoms with Crippen LogP contribution in [-0.2, 0) is 13.2 Å². The highest BCUT2D eigenvalue weighted by atomic mass is 19.1. The molecule has 1 N–H and O–H groups in total. The lowest BCUT2D eigenvalue weighted by Crippen LogP contribution is -2.37. The van der Waals surface area contributed by atoms with E-state index in [2.05, 4.69) is 10.4 Å². The van der Waals surface area contributed by atoms with Crippen LogP contribution in [-0.4, -0.2) is 22.4 Å². The molecule has 0 saturated carbocycles. The summed E-state index contributed by atoms with van der Waals surface area (Å²) in [7, 11) is 0. The Labute approximate surface area is 83.3 Å². The van der Waals surface area contributed by atoms with Crippen LogP contribution >= 0.6 is 0 Å². The van der Waals surface area contributed by atoms with E-state index < -0.39 is 6.67 Å². The summed E-state index contributed by atoms with van der Waals surface area (Å²) in [4.78, 5) is 0. The Morgan fingerprint density at radius 1 is 1.57 bits per heavy atom. The van der Waals surface area contributed by atoms with Crippen LogP contribution in [0.2, 0.25) is 0 Å². The van der Waals surface area contributed by atoms with Crippen molar-refractivity contribution in [2.75, 3.05) is 6.54 Å². The average Bonchev–Trinajstić information content (AvgIpc) is 2.67. The van der Waals surface area contributed by atoms with Gasteiger partial charge in [0.15, 0.2) is 0 Å². The van der Waals surface area contributed by atoms with Gasteiger partial charge in [-0.25, -0.2) is 4.39 Å². The summed E-state index contributed by atoms with van der Waals surface area (Å²) in [6.45, 7) is 1.54. The zero-order valence-corrected chi connectivity index (χ0v) is 8.25. The lowest BCUT2D eigenvalue weighted by molar-refractivity contribution is 0.351. The Kier molecular flexibility index (Phi) is 3.14. The maximum atomic E-state index is 12.2. The van der Waals surface area contributed by atoms with Gasteiger partial charge in [-0.3, -0.25) is 4.68 Å². The molecule has 0 aromatic carbocycles. The second-order valence-corrected chi connectivity index (χ2v) is 3.85. The Hall–Kier alpha value is -0.900. The molecule has 1 saturated heterocycles. The molecule has 0 radical (unpaired) electrons. The maximum Gasteiger partial charge on any atom is 0.118 e. The zero-order valence-electron chi connectivity index (χ0n) is 8.25. The predicted molar refractivity (Wildman–Crippen MR) is 52.7 cm³/mol. The van der Waals surface area contributed by atoms with E-state index in [9.17, 15) is 4.39 Å². The Morgan fingerprint density at radius 3 is 3.14 bits per heavy atom. The third-order valence-electron chi connectivity index (χ3n) is 2.66. The highest BCUT2D eigenvalue weighted by Crippen LogP contribution is 2.09. The first-order chi connectivity index (χ1) is 6.88. The molecule has 1 atom stereocenters. The van der Waals surface area contributed by atoms with Crippen LogP contribution < -0.4 is 5.32 Å². The summed E-state index contributed by atoms with van der Waals surface area (Å²) in [5.74, 6) is 0. The molecule has 3 nitrogen and oxygen atoms in total. The van der Waals surface area contributed by atoms with Gasteiger partial charge >= 0.3 is 0 Å². The molecule has 1 aliphatic heterocycles. The molecule has 78 valence electrons. The molecule has 0 spiro atoms. The first-order valence-electron chi connectivity index (χ1n) is 5.19. The van der Waals surface area contributed by atoms with Crippen molar-refractivity contribution in [3.63, 3.8) is 0 Å². The number of rotatable bonds is 3. The normalized spacial score (nSPS) is 22.5. The quantitative estimate of drug-likeness (QED) is 0.795. The van der Waals surface area contributed by atoms with Crippen molar-refractivity contribution in [3.8, 4) is 0 Å². The standard InChI is InChI=1S/C10H16FN3/c11-5-9-6-13-14(7-9)8-10-3-1-2-4-12-10/h6-7,10,12H,1-5,8H2. The van der Waals surface area contributed by atoms with Gasteiger partial charge < -0.3 is 5.32 Å². The van der Waals surface area contributed by atoms with Crippen molar-refractivity contribution < 1.29 is 4.39 Å². The number of piperidine rings is 1. The van der Waals surface area contributed by atoms with Gasteiger partial charge in [-0.2, -0.15) is 5.10 Å². The average molecular weight is 197 g/mol. The van der Waals surface area contributed by atoms with E-state index >= 15 is 0 Å². The number of aromatic nitrogens is 2. The molecule has 1 aromatic heterocycles. The molecule has 0 amide bonds. The van der Waals surface area contributed by atoms with Crippen LogP contribution in [0, 0.1) is 0 Å². The highest BCUT2D eigenvalue weighted by Gasteiger charge is 2.13. The summed E-state index contributed by atoms with van der Waals surface area (Å²) >= 11 is 0. The number of halogens is 1. The maximum absolute atomic E-state index is 12.2. The van der Waals surface area contributed by atoms with Crippen LogP contribution in [0.25, 0.3) is 0 Å². The Morgan fingerprint density at radius 2 is 2.50 bits per heavy atom. The molecule has 0 aliphatic carbocycles. The summed E-state index contributed by atoms with van der Waals surface area (Å²) in [5, 5.41) is 7.56. The van der Waals surface area contributed by atoms with E-state index in [0.29, 0.717) is 11.6 Å². The number of alkyl halides is 1. The van der Waals surface area contributed by atoms with Crippen molar-refractivity contribution in [1.29, 1.82) is 0 Å². The van der Waals surface area contributed by atoms with Gasteiger partial charge in [0.25, 0.3) is 0 Å². The minimum absolute atomic E-state index is 0.419. The van der Waals surface area contributed by atoms with Gasteiger partial charge in [-0.1, -0.05) is 6.42 Å². The molecular weight excluding hydrogens is 181 g/mol. The van der Waals surface area contributed by atoms with E-state index in [1.54, 1.807) is 12.4 Å². The summed E-state index contributed by atoms with van der Waals surface area (Å²) in [6, 6.07) is 0.510. The summed E-state index contributed by atoms with van der Waals surface area (Å²) in [5.41, 5.74) is 0.667. The van der Waals surface area contributed by atoms with Crippen LogP contribution in [0.5, 0.6) is 0 Å². The van der Waals surface area contributed by atoms with E-state index in [1.807, 2.05) is 4.68 Å². The number of nitrogens with one attached hydrogen (secondary N) is 1. The van der Waals surface area contributed by atoms with Crippen molar-refractivity contribution >= 4 is 0 Å². The predicted octanol–water partition coefficient (Wildman–Crippen LogP) is 1.49. The minimum atomic E-state index is -0.419. The first-order valence-corrected chi connectivity index (χ1v) is 5.19. The molecule has 2 rings (SSSR count). The Bertz CT molecular complexity index is 279. The highest BCUT2D eigenvalue weighted by molar-refractivity contribution is 5.01. The summed E-state index contributed by atoms with van der Waals surface area (Å²) < 4.78 is 14.1. The van der Waals surface area contributed by atoms with Gasteiger partial charge in [0.2, 0.25) is 0 Å². The lowest BCUT2D eigenvalue weighted by atomic mass is 10.1. The van der Waals surface area contributed by atoms with Crippen LogP contribution in [0.4, 0.5) is 4.39 Å². The fraction of sp³-hybridized carbons (Fsp3) is 0.700. The summed E-state index contributed by atoms with van der Waals surface area (Å²) in [6.07, 6.45) is 7.14. The third kappa shape index (κ3) is 2.32. The molecule has 1 unspecified atom stereocenters. The fourth-order valence-electron chi connectivity index (χ4n) is 1.88. The van der Waals surface area contributed by atoms with E-state index in [0.717, 1.165) is 13.1 Å². The molecule has 1 aliphatic rings. The van der Waals surface area contributed by atoms with Gasteiger partial charge in [0.05, 0.1) is 12.7 Å². The van der Waals surface area contributed by atoms with E-state index in [-0.39, 0.29) is 0 Å². The van der Waals surface area contributed by atoms with Crippen LogP contribution in [0.1, 0.15) is 24.8 Å². The lowest BCUT2D eigenvalue weighted by Gasteiger charge is -2.23. The van der Waals surface area contributed by atoms with Crippen LogP contribution in [0.3, 0.4) is 0 Å². The molecular formula is C10H16FN3. The zero-order chi connectivity index (χ0) is 9.80. The van der Waals surface area contributed by atoms with E-state index in [4.69, 9.17) is 0 Å². The third-order valence-corrected chi connectivity index (χ3v) is 2.66. The topological polar surface area (TPSA) is 29.9 Å². The van der Waals surface area contributed by atoms with Crippen molar-refractivity contribution in [2.45, 2.75) is 38.5 Å². The molecule has 14 heavy (non-hydrogen) atoms. The first kappa shape index (κ1) is 9.65. The number of hydrogen-bond donors (Lipinski definition) is 1. The second kappa shape index (κ2) is 4.55. The van der Waals surface area contributed by atoms with Gasteiger partial charge in [-0.15, -0.1) is 0 Å². The number of nitrogens with zero attached hydrogens (tertiary/aromatic N) is 2. The van der Waals surface area contributed by atoms with E-state index in [1.165, 1.54) is 19.3 Å². The fourth-order valence-corrected chi connectivity index (χ4v) is 1.88. The SMILES string of the molecule is FCc1cnn(CC2CCCCN2)c1. The molecule has 0 bridgehead atoms. The second-order valence-electron chi connectivity index (χ2n) is 3.85. The number of hydrogen-bond acceptors (Lipinski definition) is 2. The van der Waals surface area contributed by atoms with Crippen molar-refractivity contribution in [2.24, 2.45) is 0 Å². The monoisotopic (exact) mass is 197 g/mol. The van der Waals surface area contributed by atoms with Gasteiger partial charge in [-0.05, 0) is 19.4 Å².